The van der Waals surface area contributed by atoms with Crippen LogP contribution in [0, 0.1) is 31.1 Å². The Morgan fingerprint density at radius 3 is 2.73 bits per heavy atom. The molecule has 0 bridgehead atoms. The maximum absolute atomic E-state index is 9.13. The molecule has 1 aliphatic rings. The van der Waals surface area contributed by atoms with E-state index in [1.165, 1.54) is 18.5 Å². The quantitative estimate of drug-likeness (QED) is 0.704. The van der Waals surface area contributed by atoms with Gasteiger partial charge in [0.15, 0.2) is 0 Å². The summed E-state index contributed by atoms with van der Waals surface area (Å²) in [6.45, 7) is 4.08. The molecule has 0 radical (unpaired) electrons. The summed E-state index contributed by atoms with van der Waals surface area (Å²) in [6.07, 6.45) is 4.54. The van der Waals surface area contributed by atoms with Crippen molar-refractivity contribution in [2.24, 2.45) is 5.92 Å². The molecule has 15 heavy (non-hydrogen) atoms. The molecule has 1 aliphatic carbocycles. The van der Waals surface area contributed by atoms with E-state index in [4.69, 9.17) is 5.26 Å². The molecule has 1 aromatic rings. The molecular weight excluding hydrogens is 186 g/mol. The summed E-state index contributed by atoms with van der Waals surface area (Å²) in [6, 6.07) is 4.82. The molecule has 0 aliphatic heterocycles. The average Bonchev–Trinajstić information content (AvgIpc) is 2.57. The van der Waals surface area contributed by atoms with Crippen LogP contribution in [-0.4, -0.2) is 9.78 Å². The Labute approximate surface area is 90.7 Å². The zero-order valence-electron chi connectivity index (χ0n) is 9.40. The topological polar surface area (TPSA) is 41.6 Å². The summed E-state index contributed by atoms with van der Waals surface area (Å²) >= 11 is 0. The van der Waals surface area contributed by atoms with Gasteiger partial charge in [-0.1, -0.05) is 12.8 Å². The molecule has 1 saturated carbocycles. The van der Waals surface area contributed by atoms with Crippen molar-refractivity contribution in [2.75, 3.05) is 0 Å². The number of hydrogen-bond acceptors (Lipinski definition) is 2. The zero-order valence-corrected chi connectivity index (χ0v) is 9.40. The molecule has 0 amide bonds. The fourth-order valence-corrected chi connectivity index (χ4v) is 2.54. The van der Waals surface area contributed by atoms with Gasteiger partial charge < -0.3 is 0 Å². The Kier molecular flexibility index (Phi) is 2.77. The second-order valence-corrected chi connectivity index (χ2v) is 4.46. The lowest BCUT2D eigenvalue weighted by Crippen LogP contribution is -2.24. The number of nitrogens with zero attached hydrogens (tertiary/aromatic N) is 3. The van der Waals surface area contributed by atoms with E-state index in [0.29, 0.717) is 6.04 Å². The predicted octanol–water partition coefficient (Wildman–Crippen LogP) is 2.75. The van der Waals surface area contributed by atoms with Crippen molar-refractivity contribution in [1.29, 1.82) is 5.26 Å². The van der Waals surface area contributed by atoms with Crippen LogP contribution in [0.5, 0.6) is 0 Å². The van der Waals surface area contributed by atoms with Gasteiger partial charge in [0.25, 0.3) is 0 Å². The molecule has 3 heteroatoms. The number of aryl methyl sites for hydroxylation is 2. The standard InChI is InChI=1S/C12H17N3/c1-9-7-10(2)15(14-9)12-6-4-3-5-11(12)8-13/h7,11-12H,3-6H2,1-2H3. The molecule has 0 saturated heterocycles. The Morgan fingerprint density at radius 1 is 1.40 bits per heavy atom. The van der Waals surface area contributed by atoms with Crippen LogP contribution in [0.2, 0.25) is 0 Å². The van der Waals surface area contributed by atoms with Gasteiger partial charge in [0.2, 0.25) is 0 Å². The van der Waals surface area contributed by atoms with Gasteiger partial charge in [-0.3, -0.25) is 4.68 Å². The number of rotatable bonds is 1. The van der Waals surface area contributed by atoms with Crippen LogP contribution in [-0.2, 0) is 0 Å². The Bertz CT molecular complexity index is 386. The van der Waals surface area contributed by atoms with Gasteiger partial charge in [0.05, 0.1) is 23.7 Å². The first-order chi connectivity index (χ1) is 7.22. The van der Waals surface area contributed by atoms with E-state index in [-0.39, 0.29) is 5.92 Å². The van der Waals surface area contributed by atoms with Gasteiger partial charge in [-0.05, 0) is 32.8 Å². The molecule has 80 valence electrons. The third-order valence-electron chi connectivity index (χ3n) is 3.25. The number of aromatic nitrogens is 2. The highest BCUT2D eigenvalue weighted by Gasteiger charge is 2.27. The minimum Gasteiger partial charge on any atom is -0.265 e. The van der Waals surface area contributed by atoms with Gasteiger partial charge in [-0.15, -0.1) is 0 Å². The van der Waals surface area contributed by atoms with E-state index in [2.05, 4.69) is 28.8 Å². The van der Waals surface area contributed by atoms with Crippen molar-refractivity contribution >= 4 is 0 Å². The maximum atomic E-state index is 9.13. The summed E-state index contributed by atoms with van der Waals surface area (Å²) in [5.74, 6) is 0.150. The highest BCUT2D eigenvalue weighted by molar-refractivity contribution is 5.09. The molecule has 2 atom stereocenters. The van der Waals surface area contributed by atoms with Gasteiger partial charge in [0.1, 0.15) is 0 Å². The lowest BCUT2D eigenvalue weighted by molar-refractivity contribution is 0.266. The highest BCUT2D eigenvalue weighted by Crippen LogP contribution is 2.33. The molecule has 1 aromatic heterocycles. The molecule has 2 unspecified atom stereocenters. The van der Waals surface area contributed by atoms with Crippen LogP contribution in [0.25, 0.3) is 0 Å². The van der Waals surface area contributed by atoms with Crippen LogP contribution in [0.1, 0.15) is 43.1 Å². The highest BCUT2D eigenvalue weighted by atomic mass is 15.3. The lowest BCUT2D eigenvalue weighted by Gasteiger charge is -2.27. The average molecular weight is 203 g/mol. The van der Waals surface area contributed by atoms with E-state index in [9.17, 15) is 0 Å². The minimum atomic E-state index is 0.150. The van der Waals surface area contributed by atoms with E-state index in [1.54, 1.807) is 0 Å². The van der Waals surface area contributed by atoms with Crippen LogP contribution in [0.4, 0.5) is 0 Å². The molecule has 2 rings (SSSR count). The SMILES string of the molecule is Cc1cc(C)n(C2CCCCC2C#N)n1. The summed E-state index contributed by atoms with van der Waals surface area (Å²) in [4.78, 5) is 0. The molecule has 0 N–H and O–H groups in total. The Balaban J connectivity index is 2.28. The summed E-state index contributed by atoms with van der Waals surface area (Å²) < 4.78 is 2.06. The number of nitriles is 1. The second kappa shape index (κ2) is 4.06. The monoisotopic (exact) mass is 203 g/mol. The fourth-order valence-electron chi connectivity index (χ4n) is 2.54. The minimum absolute atomic E-state index is 0.150. The van der Waals surface area contributed by atoms with Gasteiger partial charge in [-0.2, -0.15) is 10.4 Å². The Hall–Kier alpha value is -1.30. The zero-order chi connectivity index (χ0) is 10.8. The van der Waals surface area contributed by atoms with E-state index in [1.807, 2.05) is 6.92 Å². The van der Waals surface area contributed by atoms with Crippen molar-refractivity contribution in [3.8, 4) is 6.07 Å². The Morgan fingerprint density at radius 2 is 2.13 bits per heavy atom. The molecular formula is C12H17N3. The largest absolute Gasteiger partial charge is 0.265 e. The molecule has 1 fully saturated rings. The lowest BCUT2D eigenvalue weighted by atomic mass is 9.85. The molecule has 3 nitrogen and oxygen atoms in total. The van der Waals surface area contributed by atoms with Gasteiger partial charge in [-0.25, -0.2) is 0 Å². The molecule has 0 spiro atoms. The van der Waals surface area contributed by atoms with Crippen LogP contribution in [0.15, 0.2) is 6.07 Å². The fraction of sp³-hybridized carbons (Fsp3) is 0.667. The van der Waals surface area contributed by atoms with Crippen LogP contribution in [0.3, 0.4) is 0 Å². The number of hydrogen-bond donors (Lipinski definition) is 0. The summed E-state index contributed by atoms with van der Waals surface area (Å²) in [5.41, 5.74) is 2.23. The van der Waals surface area contributed by atoms with Crippen molar-refractivity contribution in [2.45, 2.75) is 45.6 Å². The smallest absolute Gasteiger partial charge is 0.0687 e. The van der Waals surface area contributed by atoms with Crippen molar-refractivity contribution in [3.63, 3.8) is 0 Å². The first-order valence-electron chi connectivity index (χ1n) is 5.64. The van der Waals surface area contributed by atoms with Crippen LogP contribution >= 0.6 is 0 Å². The first-order valence-corrected chi connectivity index (χ1v) is 5.64. The molecule has 0 aromatic carbocycles. The van der Waals surface area contributed by atoms with E-state index >= 15 is 0 Å². The summed E-state index contributed by atoms with van der Waals surface area (Å²) in [5, 5.41) is 13.6. The maximum Gasteiger partial charge on any atom is 0.0687 e. The van der Waals surface area contributed by atoms with Gasteiger partial charge >= 0.3 is 0 Å². The normalized spacial score (nSPS) is 26.2. The third kappa shape index (κ3) is 1.90. The van der Waals surface area contributed by atoms with Crippen molar-refractivity contribution < 1.29 is 0 Å². The third-order valence-corrected chi connectivity index (χ3v) is 3.25. The summed E-state index contributed by atoms with van der Waals surface area (Å²) in [7, 11) is 0. The second-order valence-electron chi connectivity index (χ2n) is 4.46. The van der Waals surface area contributed by atoms with E-state index in [0.717, 1.165) is 18.5 Å². The van der Waals surface area contributed by atoms with Crippen LogP contribution < -0.4 is 0 Å². The van der Waals surface area contributed by atoms with Crippen molar-refractivity contribution in [1.82, 2.24) is 9.78 Å². The van der Waals surface area contributed by atoms with Crippen molar-refractivity contribution in [3.05, 3.63) is 17.5 Å². The first kappa shape index (κ1) is 10.2. The van der Waals surface area contributed by atoms with E-state index < -0.39 is 0 Å². The van der Waals surface area contributed by atoms with Gasteiger partial charge in [0, 0.05) is 5.69 Å². The predicted molar refractivity (Wildman–Crippen MR) is 58.3 cm³/mol. The molecule has 1 heterocycles.